The monoisotopic (exact) mass is 779 g/mol. The molecule has 60 heavy (non-hydrogen) atoms. The van der Waals surface area contributed by atoms with Crippen molar-refractivity contribution in [2.24, 2.45) is 0 Å². The van der Waals surface area contributed by atoms with Crippen LogP contribution in [0.3, 0.4) is 0 Å². The Morgan fingerprint density at radius 3 is 1.72 bits per heavy atom. The average Bonchev–Trinajstić information content (AvgIpc) is 3.62. The summed E-state index contributed by atoms with van der Waals surface area (Å²) in [4.78, 5) is 18.7. The maximum atomic E-state index is 5.58. The minimum absolute atomic E-state index is 0.477. The molecule has 13 rings (SSSR count). The lowest BCUT2D eigenvalue weighted by molar-refractivity contribution is 0.723. The molecule has 0 atom stereocenters. The highest BCUT2D eigenvalue weighted by Gasteiger charge is 2.50. The van der Waals surface area contributed by atoms with Crippen molar-refractivity contribution in [3.63, 3.8) is 0 Å². The van der Waals surface area contributed by atoms with Gasteiger partial charge < -0.3 is 0 Å². The molecule has 0 bridgehead atoms. The summed E-state index contributed by atoms with van der Waals surface area (Å²) in [6, 6.07) is 72.4. The van der Waals surface area contributed by atoms with Crippen LogP contribution < -0.4 is 0 Å². The van der Waals surface area contributed by atoms with Crippen molar-refractivity contribution in [3.8, 4) is 44.9 Å². The van der Waals surface area contributed by atoms with Gasteiger partial charge in [-0.1, -0.05) is 176 Å². The van der Waals surface area contributed by atoms with Gasteiger partial charge in [-0.3, -0.25) is 0 Å². The summed E-state index contributed by atoms with van der Waals surface area (Å²) in [6.07, 6.45) is 0. The van der Waals surface area contributed by atoms with E-state index in [2.05, 4.69) is 194 Å². The first kappa shape index (κ1) is 33.6. The Morgan fingerprint density at radius 1 is 0.383 bits per heavy atom. The second kappa shape index (κ2) is 12.8. The predicted molar refractivity (Wildman–Crippen MR) is 248 cm³/mol. The lowest BCUT2D eigenvalue weighted by Gasteiger charge is -2.39. The molecule has 0 saturated carbocycles. The fraction of sp³-hybridized carbons (Fsp3) is 0.0179. The Morgan fingerprint density at radius 2 is 0.967 bits per heavy atom. The highest BCUT2D eigenvalue weighted by Crippen LogP contribution is 2.63. The first-order valence-electron chi connectivity index (χ1n) is 20.4. The fourth-order valence-corrected chi connectivity index (χ4v) is 11.3. The number of benzene rings is 8. The minimum atomic E-state index is -0.477. The van der Waals surface area contributed by atoms with Crippen LogP contribution in [0.4, 0.5) is 0 Å². The maximum Gasteiger partial charge on any atom is 0.0972 e. The van der Waals surface area contributed by atoms with Crippen LogP contribution in [0.2, 0.25) is 0 Å². The lowest BCUT2D eigenvalue weighted by atomic mass is 9.67. The third-order valence-corrected chi connectivity index (χ3v) is 13.8. The largest absolute Gasteiger partial charge is 0.247 e. The Hall–Kier alpha value is -7.40. The van der Waals surface area contributed by atoms with Gasteiger partial charge in [-0.2, -0.15) is 0 Å². The van der Waals surface area contributed by atoms with E-state index in [1.54, 1.807) is 0 Å². The Bertz CT molecular complexity index is 3550. The molecule has 1 aliphatic heterocycles. The summed E-state index contributed by atoms with van der Waals surface area (Å²) in [7, 11) is 0. The number of aromatic nitrogens is 3. The molecule has 8 aromatic carbocycles. The second-order valence-corrected chi connectivity index (χ2v) is 16.9. The van der Waals surface area contributed by atoms with Gasteiger partial charge in [-0.25, -0.2) is 15.0 Å². The van der Waals surface area contributed by atoms with Crippen molar-refractivity contribution in [1.82, 2.24) is 15.0 Å². The van der Waals surface area contributed by atoms with Crippen LogP contribution >= 0.6 is 11.8 Å². The van der Waals surface area contributed by atoms with E-state index in [0.717, 1.165) is 66.5 Å². The van der Waals surface area contributed by atoms with E-state index >= 15 is 0 Å². The molecule has 0 N–H and O–H groups in total. The van der Waals surface area contributed by atoms with Gasteiger partial charge in [0.05, 0.1) is 39.0 Å². The molecule has 4 heterocycles. The van der Waals surface area contributed by atoms with E-state index in [1.165, 1.54) is 53.9 Å². The Balaban J connectivity index is 1.07. The quantitative estimate of drug-likeness (QED) is 0.167. The predicted octanol–water partition coefficient (Wildman–Crippen LogP) is 14.3. The van der Waals surface area contributed by atoms with Crippen molar-refractivity contribution in [2.45, 2.75) is 15.2 Å². The molecule has 4 heteroatoms. The van der Waals surface area contributed by atoms with Gasteiger partial charge >= 0.3 is 0 Å². The molecule has 0 unspecified atom stereocenters. The van der Waals surface area contributed by atoms with E-state index in [-0.39, 0.29) is 0 Å². The van der Waals surface area contributed by atoms with Gasteiger partial charge in [0.2, 0.25) is 0 Å². The molecule has 278 valence electrons. The molecule has 3 aromatic heterocycles. The third-order valence-electron chi connectivity index (χ3n) is 12.7. The Kier molecular flexibility index (Phi) is 7.16. The number of rotatable bonds is 3. The molecule has 1 aliphatic carbocycles. The summed E-state index contributed by atoms with van der Waals surface area (Å²) >= 11 is 1.88. The molecule has 0 fully saturated rings. The minimum Gasteiger partial charge on any atom is -0.247 e. The second-order valence-electron chi connectivity index (χ2n) is 15.8. The van der Waals surface area contributed by atoms with Gasteiger partial charge in [0, 0.05) is 48.0 Å². The molecule has 0 radical (unpaired) electrons. The van der Waals surface area contributed by atoms with Gasteiger partial charge in [0.25, 0.3) is 0 Å². The standard InChI is InChI=1S/C56H33N3S/c1-2-13-34(14-3-1)46-31-27-35-25-26-36-28-32-47(58-55(36)54(35)57-46)37-15-12-16-38(33-37)53-52-40(39-17-5-9-22-48(39)59-53)29-30-45-51(52)41-18-4-6-19-42(41)56(45)43-20-7-10-23-49(43)60-50-24-11-8-21-44(50)56/h1-33H. The molecular weight excluding hydrogens is 747 g/mol. The summed E-state index contributed by atoms with van der Waals surface area (Å²) in [5.74, 6) is 0. The van der Waals surface area contributed by atoms with E-state index in [1.807, 2.05) is 17.8 Å². The molecule has 0 amide bonds. The average molecular weight is 780 g/mol. The van der Waals surface area contributed by atoms with Crippen LogP contribution in [0.25, 0.3) is 88.4 Å². The highest BCUT2D eigenvalue weighted by atomic mass is 32.2. The van der Waals surface area contributed by atoms with E-state index in [0.29, 0.717) is 0 Å². The topological polar surface area (TPSA) is 38.7 Å². The number of fused-ring (bicyclic) bond motifs is 16. The lowest BCUT2D eigenvalue weighted by Crippen LogP contribution is -2.31. The SMILES string of the molecule is c1ccc(-c2ccc3ccc4ccc(-c5cccc(-c6nc7ccccc7c7ccc8c(c67)-c6ccccc6C86c7ccccc7Sc7ccccc76)c5)nc4c3n2)cc1. The van der Waals surface area contributed by atoms with Crippen molar-refractivity contribution in [3.05, 3.63) is 222 Å². The Labute approximate surface area is 351 Å². The van der Waals surface area contributed by atoms with Crippen LogP contribution in [-0.4, -0.2) is 15.0 Å². The molecule has 3 nitrogen and oxygen atoms in total. The zero-order valence-corrected chi connectivity index (χ0v) is 33.1. The van der Waals surface area contributed by atoms with Crippen molar-refractivity contribution in [2.75, 3.05) is 0 Å². The molecular formula is C56H33N3S. The zero-order valence-electron chi connectivity index (χ0n) is 32.3. The molecule has 11 aromatic rings. The smallest absolute Gasteiger partial charge is 0.0972 e. The number of hydrogen-bond acceptors (Lipinski definition) is 4. The van der Waals surface area contributed by atoms with Gasteiger partial charge in [-0.15, -0.1) is 0 Å². The van der Waals surface area contributed by atoms with Gasteiger partial charge in [0.15, 0.2) is 0 Å². The molecule has 1 spiro atoms. The first-order chi connectivity index (χ1) is 29.7. The third kappa shape index (κ3) is 4.71. The van der Waals surface area contributed by atoms with Crippen LogP contribution in [0.1, 0.15) is 22.3 Å². The fourth-order valence-electron chi connectivity index (χ4n) is 10.1. The van der Waals surface area contributed by atoms with Crippen LogP contribution in [0, 0.1) is 0 Å². The van der Waals surface area contributed by atoms with Crippen LogP contribution in [0.15, 0.2) is 210 Å². The summed E-state index contributed by atoms with van der Waals surface area (Å²) in [5.41, 5.74) is 16.1. The number of nitrogens with zero attached hydrogens (tertiary/aromatic N) is 3. The van der Waals surface area contributed by atoms with E-state index in [9.17, 15) is 0 Å². The normalized spacial score (nSPS) is 13.4. The maximum absolute atomic E-state index is 5.58. The number of para-hydroxylation sites is 1. The van der Waals surface area contributed by atoms with E-state index in [4.69, 9.17) is 15.0 Å². The number of hydrogen-bond donors (Lipinski definition) is 0. The van der Waals surface area contributed by atoms with Crippen molar-refractivity contribution in [1.29, 1.82) is 0 Å². The van der Waals surface area contributed by atoms with Crippen molar-refractivity contribution < 1.29 is 0 Å². The van der Waals surface area contributed by atoms with Crippen molar-refractivity contribution >= 4 is 55.2 Å². The summed E-state index contributed by atoms with van der Waals surface area (Å²) in [5, 5.41) is 5.67. The van der Waals surface area contributed by atoms with Gasteiger partial charge in [0.1, 0.15) is 0 Å². The summed E-state index contributed by atoms with van der Waals surface area (Å²) in [6.45, 7) is 0. The molecule has 2 aliphatic rings. The molecule has 0 saturated heterocycles. The zero-order chi connectivity index (χ0) is 39.4. The van der Waals surface area contributed by atoms with Crippen LogP contribution in [0.5, 0.6) is 0 Å². The van der Waals surface area contributed by atoms with Crippen LogP contribution in [-0.2, 0) is 5.41 Å². The first-order valence-corrected chi connectivity index (χ1v) is 21.3. The summed E-state index contributed by atoms with van der Waals surface area (Å²) < 4.78 is 0. The number of pyridine rings is 3. The van der Waals surface area contributed by atoms with E-state index < -0.39 is 5.41 Å². The van der Waals surface area contributed by atoms with Gasteiger partial charge in [-0.05, 0) is 75.2 Å². The highest BCUT2D eigenvalue weighted by molar-refractivity contribution is 7.99.